The molecule has 1 aromatic carbocycles. The minimum absolute atomic E-state index is 0.483. The molecule has 0 bridgehead atoms. The van der Waals surface area contributed by atoms with Gasteiger partial charge in [0, 0.05) is 24.1 Å². The molecule has 2 N–H and O–H groups in total. The molecule has 0 fully saturated rings. The van der Waals surface area contributed by atoms with Crippen molar-refractivity contribution in [2.75, 3.05) is 5.73 Å². The fraction of sp³-hybridized carbons (Fsp3) is 0.0833. The summed E-state index contributed by atoms with van der Waals surface area (Å²) in [6.07, 6.45) is 3.17. The lowest BCUT2D eigenvalue weighted by molar-refractivity contribution is 0.482. The molecule has 0 atom stereocenters. The Morgan fingerprint density at radius 1 is 1.31 bits per heavy atom. The van der Waals surface area contributed by atoms with E-state index in [1.54, 1.807) is 30.6 Å². The van der Waals surface area contributed by atoms with Crippen LogP contribution in [0.5, 0.6) is 11.5 Å². The van der Waals surface area contributed by atoms with Gasteiger partial charge in [0.1, 0.15) is 16.5 Å². The predicted octanol–water partition coefficient (Wildman–Crippen LogP) is 3.42. The first-order valence-electron chi connectivity index (χ1n) is 4.80. The highest BCUT2D eigenvalue weighted by molar-refractivity contribution is 6.31. The summed E-state index contributed by atoms with van der Waals surface area (Å²) in [5.74, 6) is 1.29. The average Bonchev–Trinajstić information content (AvgIpc) is 2.27. The summed E-state index contributed by atoms with van der Waals surface area (Å²) < 4.78 is 5.62. The van der Waals surface area contributed by atoms with Crippen LogP contribution in [0.3, 0.4) is 0 Å². The number of pyridine rings is 1. The first kappa shape index (κ1) is 10.8. The summed E-state index contributed by atoms with van der Waals surface area (Å²) in [6.45, 7) is 1.93. The summed E-state index contributed by atoms with van der Waals surface area (Å²) in [7, 11) is 0. The maximum absolute atomic E-state index is 5.93. The van der Waals surface area contributed by atoms with Crippen LogP contribution >= 0.6 is 11.6 Å². The number of aryl methyl sites for hydroxylation is 1. The van der Waals surface area contributed by atoms with Gasteiger partial charge >= 0.3 is 0 Å². The van der Waals surface area contributed by atoms with Gasteiger partial charge in [0.05, 0.1) is 0 Å². The molecule has 2 aromatic rings. The number of hydrogen-bond acceptors (Lipinski definition) is 3. The van der Waals surface area contributed by atoms with Crippen molar-refractivity contribution in [1.29, 1.82) is 0 Å². The Labute approximate surface area is 98.8 Å². The zero-order chi connectivity index (χ0) is 11.5. The SMILES string of the molecule is Cc1cc(Oc2ccncc2Cl)ccc1N. The third-order valence-corrected chi connectivity index (χ3v) is 2.49. The van der Waals surface area contributed by atoms with E-state index >= 15 is 0 Å². The summed E-state index contributed by atoms with van der Waals surface area (Å²) in [5, 5.41) is 0.483. The van der Waals surface area contributed by atoms with E-state index in [0.717, 1.165) is 11.3 Å². The van der Waals surface area contributed by atoms with Crippen molar-refractivity contribution in [1.82, 2.24) is 4.98 Å². The second kappa shape index (κ2) is 4.41. The van der Waals surface area contributed by atoms with Crippen LogP contribution in [0, 0.1) is 6.92 Å². The summed E-state index contributed by atoms with van der Waals surface area (Å²) in [5.41, 5.74) is 7.44. The normalized spacial score (nSPS) is 10.1. The predicted molar refractivity (Wildman–Crippen MR) is 64.9 cm³/mol. The molecular weight excluding hydrogens is 224 g/mol. The minimum atomic E-state index is 0.483. The third kappa shape index (κ3) is 2.25. The molecule has 0 aliphatic carbocycles. The third-order valence-electron chi connectivity index (χ3n) is 2.20. The number of anilines is 1. The van der Waals surface area contributed by atoms with Gasteiger partial charge in [-0.25, -0.2) is 0 Å². The molecule has 0 saturated carbocycles. The Balaban J connectivity index is 2.28. The van der Waals surface area contributed by atoms with Crippen molar-refractivity contribution >= 4 is 17.3 Å². The number of nitrogens with zero attached hydrogens (tertiary/aromatic N) is 1. The Bertz CT molecular complexity index is 514. The van der Waals surface area contributed by atoms with E-state index in [1.165, 1.54) is 0 Å². The number of ether oxygens (including phenoxy) is 1. The molecular formula is C12H11ClN2O. The van der Waals surface area contributed by atoms with Gasteiger partial charge in [-0.05, 0) is 30.7 Å². The molecule has 1 heterocycles. The van der Waals surface area contributed by atoms with E-state index in [-0.39, 0.29) is 0 Å². The molecule has 0 spiro atoms. The van der Waals surface area contributed by atoms with E-state index < -0.39 is 0 Å². The Morgan fingerprint density at radius 2 is 2.12 bits per heavy atom. The van der Waals surface area contributed by atoms with Crippen LogP contribution < -0.4 is 10.5 Å². The number of aromatic nitrogens is 1. The quantitative estimate of drug-likeness (QED) is 0.810. The van der Waals surface area contributed by atoms with Crippen molar-refractivity contribution in [3.8, 4) is 11.5 Å². The van der Waals surface area contributed by atoms with Crippen LogP contribution in [0.25, 0.3) is 0 Å². The monoisotopic (exact) mass is 234 g/mol. The first-order chi connectivity index (χ1) is 7.66. The zero-order valence-electron chi connectivity index (χ0n) is 8.77. The molecule has 0 radical (unpaired) electrons. The topological polar surface area (TPSA) is 48.1 Å². The smallest absolute Gasteiger partial charge is 0.149 e. The molecule has 0 unspecified atom stereocenters. The molecule has 2 rings (SSSR count). The molecule has 1 aromatic heterocycles. The number of nitrogens with two attached hydrogens (primary N) is 1. The Kier molecular flexibility index (Phi) is 2.97. The number of hydrogen-bond donors (Lipinski definition) is 1. The van der Waals surface area contributed by atoms with Gasteiger partial charge in [-0.15, -0.1) is 0 Å². The Morgan fingerprint density at radius 3 is 2.81 bits per heavy atom. The van der Waals surface area contributed by atoms with Gasteiger partial charge in [0.2, 0.25) is 0 Å². The van der Waals surface area contributed by atoms with Crippen LogP contribution in [0.1, 0.15) is 5.56 Å². The highest BCUT2D eigenvalue weighted by Gasteiger charge is 2.03. The number of halogens is 1. The average molecular weight is 235 g/mol. The lowest BCUT2D eigenvalue weighted by atomic mass is 10.2. The molecule has 0 aliphatic rings. The van der Waals surface area contributed by atoms with Gasteiger partial charge in [0.25, 0.3) is 0 Å². The summed E-state index contributed by atoms with van der Waals surface area (Å²) in [6, 6.07) is 7.19. The second-order valence-corrected chi connectivity index (χ2v) is 3.83. The highest BCUT2D eigenvalue weighted by Crippen LogP contribution is 2.29. The Hall–Kier alpha value is -1.74. The van der Waals surface area contributed by atoms with Crippen LogP contribution in [-0.2, 0) is 0 Å². The van der Waals surface area contributed by atoms with Crippen LogP contribution in [0.15, 0.2) is 36.7 Å². The van der Waals surface area contributed by atoms with E-state index in [9.17, 15) is 0 Å². The van der Waals surface area contributed by atoms with Crippen molar-refractivity contribution in [3.05, 3.63) is 47.2 Å². The number of nitrogen functional groups attached to an aromatic ring is 1. The second-order valence-electron chi connectivity index (χ2n) is 3.43. The maximum Gasteiger partial charge on any atom is 0.149 e. The summed E-state index contributed by atoms with van der Waals surface area (Å²) in [4.78, 5) is 3.89. The van der Waals surface area contributed by atoms with Crippen LogP contribution in [-0.4, -0.2) is 4.98 Å². The van der Waals surface area contributed by atoms with Gasteiger partial charge in [-0.3, -0.25) is 4.98 Å². The lowest BCUT2D eigenvalue weighted by Crippen LogP contribution is -1.91. The summed E-state index contributed by atoms with van der Waals surface area (Å²) >= 11 is 5.93. The number of rotatable bonds is 2. The molecule has 0 amide bonds. The van der Waals surface area contributed by atoms with Crippen molar-refractivity contribution in [2.45, 2.75) is 6.92 Å². The maximum atomic E-state index is 5.93. The van der Waals surface area contributed by atoms with Crippen molar-refractivity contribution < 1.29 is 4.74 Å². The molecule has 3 nitrogen and oxygen atoms in total. The number of benzene rings is 1. The van der Waals surface area contributed by atoms with E-state index in [4.69, 9.17) is 22.1 Å². The van der Waals surface area contributed by atoms with E-state index in [1.807, 2.05) is 13.0 Å². The van der Waals surface area contributed by atoms with Crippen LogP contribution in [0.2, 0.25) is 5.02 Å². The van der Waals surface area contributed by atoms with E-state index in [0.29, 0.717) is 16.5 Å². The molecule has 82 valence electrons. The first-order valence-corrected chi connectivity index (χ1v) is 5.18. The lowest BCUT2D eigenvalue weighted by Gasteiger charge is -2.08. The fourth-order valence-corrected chi connectivity index (χ4v) is 1.44. The van der Waals surface area contributed by atoms with Gasteiger partial charge in [-0.2, -0.15) is 0 Å². The van der Waals surface area contributed by atoms with Gasteiger partial charge in [0.15, 0.2) is 0 Å². The van der Waals surface area contributed by atoms with E-state index in [2.05, 4.69) is 4.98 Å². The molecule has 0 aliphatic heterocycles. The standard InChI is InChI=1S/C12H11ClN2O/c1-8-6-9(2-3-11(8)14)16-12-4-5-15-7-10(12)13/h2-7H,14H2,1H3. The molecule has 4 heteroatoms. The largest absolute Gasteiger partial charge is 0.456 e. The zero-order valence-corrected chi connectivity index (χ0v) is 9.53. The fourth-order valence-electron chi connectivity index (χ4n) is 1.28. The van der Waals surface area contributed by atoms with Crippen molar-refractivity contribution in [3.63, 3.8) is 0 Å². The minimum Gasteiger partial charge on any atom is -0.456 e. The van der Waals surface area contributed by atoms with Gasteiger partial charge in [-0.1, -0.05) is 11.6 Å². The van der Waals surface area contributed by atoms with Crippen LogP contribution in [0.4, 0.5) is 5.69 Å². The molecule has 0 saturated heterocycles. The highest BCUT2D eigenvalue weighted by atomic mass is 35.5. The van der Waals surface area contributed by atoms with Crippen molar-refractivity contribution in [2.24, 2.45) is 0 Å². The molecule has 16 heavy (non-hydrogen) atoms. The van der Waals surface area contributed by atoms with Gasteiger partial charge < -0.3 is 10.5 Å².